The van der Waals surface area contributed by atoms with E-state index in [2.05, 4.69) is 494 Å². The van der Waals surface area contributed by atoms with E-state index in [1.807, 2.05) is 0 Å². The van der Waals surface area contributed by atoms with E-state index in [-0.39, 0.29) is 0 Å². The van der Waals surface area contributed by atoms with Crippen molar-refractivity contribution in [3.8, 4) is 33.6 Å². The van der Waals surface area contributed by atoms with Gasteiger partial charge in [-0.05, 0) is 189 Å². The van der Waals surface area contributed by atoms with Crippen LogP contribution in [0.1, 0.15) is 22.3 Å². The van der Waals surface area contributed by atoms with Gasteiger partial charge in [-0.25, -0.2) is 0 Å². The summed E-state index contributed by atoms with van der Waals surface area (Å²) in [5, 5.41) is 27.1. The van der Waals surface area contributed by atoms with Crippen molar-refractivity contribution in [3.63, 3.8) is 0 Å². The molecule has 2 aliphatic rings. The van der Waals surface area contributed by atoms with Gasteiger partial charge in [-0.15, -0.1) is 0 Å². The molecule has 0 N–H and O–H groups in total. The minimum atomic E-state index is -3.18. The minimum absolute atomic E-state index is 0.831. The number of aromatic nitrogens is 2. The third kappa shape index (κ3) is 11.3. The topological polar surface area (TPSA) is 9.86 Å². The number of hydrogen-bond donors (Lipinski definition) is 0. The molecular formula is C116H84N2Si4. The van der Waals surface area contributed by atoms with Gasteiger partial charge < -0.3 is 9.13 Å². The molecule has 0 saturated carbocycles. The van der Waals surface area contributed by atoms with Crippen molar-refractivity contribution in [2.45, 2.75) is 12.8 Å². The predicted octanol–water partition coefficient (Wildman–Crippen LogP) is 16.5. The van der Waals surface area contributed by atoms with Crippen LogP contribution in [0.25, 0.3) is 77.2 Å². The highest BCUT2D eigenvalue weighted by molar-refractivity contribution is 7.23. The van der Waals surface area contributed by atoms with E-state index in [1.165, 1.54) is 171 Å². The third-order valence-electron chi connectivity index (χ3n) is 27.1. The lowest BCUT2D eigenvalue weighted by atomic mass is 9.93. The molecule has 0 bridgehead atoms. The van der Waals surface area contributed by atoms with Crippen LogP contribution in [0.5, 0.6) is 0 Å². The van der Waals surface area contributed by atoms with Gasteiger partial charge in [-0.1, -0.05) is 437 Å². The van der Waals surface area contributed by atoms with Gasteiger partial charge in [-0.3, -0.25) is 0 Å². The van der Waals surface area contributed by atoms with Gasteiger partial charge in [0.25, 0.3) is 0 Å². The van der Waals surface area contributed by atoms with Gasteiger partial charge in [0.2, 0.25) is 0 Å². The van der Waals surface area contributed by atoms with Crippen molar-refractivity contribution < 1.29 is 0 Å². The summed E-state index contributed by atoms with van der Waals surface area (Å²) in [6, 6.07) is 187. The van der Waals surface area contributed by atoms with E-state index in [9.17, 15) is 0 Å². The molecule has 19 aromatic carbocycles. The smallest absolute Gasteiger partial charge is 0.180 e. The Kier molecular flexibility index (Phi) is 17.8. The zero-order valence-corrected chi connectivity index (χ0v) is 71.5. The highest BCUT2D eigenvalue weighted by atomic mass is 28.3. The van der Waals surface area contributed by atoms with Crippen LogP contribution in [0.2, 0.25) is 0 Å². The minimum Gasteiger partial charge on any atom is -0.309 e. The molecule has 2 aliphatic heterocycles. The summed E-state index contributed by atoms with van der Waals surface area (Å²) < 4.78 is 5.10. The summed E-state index contributed by atoms with van der Waals surface area (Å²) in [5.41, 5.74) is 17.6. The second kappa shape index (κ2) is 29.9. The average molecular weight is 1620 g/mol. The first-order valence-corrected chi connectivity index (χ1v) is 50.8. The summed E-state index contributed by atoms with van der Waals surface area (Å²) in [5.74, 6) is 0. The van der Waals surface area contributed by atoms with Crippen molar-refractivity contribution in [1.29, 1.82) is 0 Å². The van der Waals surface area contributed by atoms with E-state index >= 15 is 0 Å². The Hall–Kier alpha value is -14.4. The van der Waals surface area contributed by atoms with Gasteiger partial charge in [0.05, 0.1) is 22.1 Å². The Bertz CT molecular complexity index is 7260. The Morgan fingerprint density at radius 2 is 0.500 bits per heavy atom. The first-order valence-electron chi connectivity index (χ1n) is 42.8. The van der Waals surface area contributed by atoms with Crippen molar-refractivity contribution in [3.05, 3.63) is 508 Å². The number of nitrogens with zero attached hydrogens (tertiary/aromatic N) is 2. The lowest BCUT2D eigenvalue weighted by molar-refractivity contribution is 1.14. The van der Waals surface area contributed by atoms with Crippen LogP contribution in [0, 0.1) is 0 Å². The summed E-state index contributed by atoms with van der Waals surface area (Å²) in [6.45, 7) is 0. The number of para-hydroxylation sites is 3. The van der Waals surface area contributed by atoms with E-state index in [0.29, 0.717) is 0 Å². The van der Waals surface area contributed by atoms with Crippen molar-refractivity contribution >= 4 is 159 Å². The SMILES string of the molecule is c1ccc([Si](c2ccccc2)(c2ccccc2)c2cc(-n3c4ccccc4c4ccccc43)cc(-n3c4ccccc4c4cc(-c5cccc6c5Cc5ccccc5[Si]65c6ccccc6Cc6cc(-c7cccc([Si](c8ccccc8)(c8ccccc8)c8cccc([Si](c9ccccc9)(c9ccccc9)c9ccccc9)c8)c7)ccc65)ccc43)c2)cc1. The Morgan fingerprint density at radius 1 is 0.180 bits per heavy atom. The molecule has 2 aromatic heterocycles. The van der Waals surface area contributed by atoms with Crippen LogP contribution < -0.4 is 83.0 Å². The maximum Gasteiger partial charge on any atom is 0.180 e. The molecule has 21 aromatic rings. The molecule has 23 rings (SSSR count). The van der Waals surface area contributed by atoms with Crippen LogP contribution in [0.3, 0.4) is 0 Å². The largest absolute Gasteiger partial charge is 0.309 e. The molecular weight excluding hydrogens is 1530 g/mol. The molecule has 1 atom stereocenters. The monoisotopic (exact) mass is 1620 g/mol. The van der Waals surface area contributed by atoms with Crippen LogP contribution in [-0.2, 0) is 12.8 Å². The predicted molar refractivity (Wildman–Crippen MR) is 526 cm³/mol. The fourth-order valence-electron chi connectivity index (χ4n) is 22.1. The molecule has 1 spiro atoms. The van der Waals surface area contributed by atoms with Crippen molar-refractivity contribution in [2.75, 3.05) is 0 Å². The molecule has 6 heteroatoms. The van der Waals surface area contributed by atoms with Crippen LogP contribution in [0.4, 0.5) is 0 Å². The summed E-state index contributed by atoms with van der Waals surface area (Å²) in [7, 11) is -12.4. The van der Waals surface area contributed by atoms with Crippen LogP contribution >= 0.6 is 0 Å². The highest BCUT2D eigenvalue weighted by Gasteiger charge is 2.52. The van der Waals surface area contributed by atoms with E-state index in [0.717, 1.165) is 24.2 Å². The molecule has 0 amide bonds. The quantitative estimate of drug-likeness (QED) is 0.0674. The van der Waals surface area contributed by atoms with Gasteiger partial charge in [0, 0.05) is 32.9 Å². The lowest BCUT2D eigenvalue weighted by Crippen LogP contribution is -2.79. The lowest BCUT2D eigenvalue weighted by Gasteiger charge is -2.45. The van der Waals surface area contributed by atoms with E-state index < -0.39 is 32.3 Å². The fourth-order valence-corrected chi connectivity index (χ4v) is 42.4. The molecule has 0 radical (unpaired) electrons. The zero-order valence-electron chi connectivity index (χ0n) is 67.5. The summed E-state index contributed by atoms with van der Waals surface area (Å²) in [6.07, 6.45) is 1.68. The Labute approximate surface area is 716 Å². The molecule has 574 valence electrons. The number of rotatable bonds is 16. The van der Waals surface area contributed by atoms with E-state index in [1.54, 1.807) is 0 Å². The van der Waals surface area contributed by atoms with Crippen LogP contribution in [-0.4, -0.2) is 41.4 Å². The van der Waals surface area contributed by atoms with Gasteiger partial charge in [0.1, 0.15) is 0 Å². The molecule has 0 fully saturated rings. The second-order valence-corrected chi connectivity index (χ2v) is 48.2. The molecule has 122 heavy (non-hydrogen) atoms. The molecule has 0 aliphatic carbocycles. The summed E-state index contributed by atoms with van der Waals surface area (Å²) >= 11 is 0. The number of hydrogen-bond acceptors (Lipinski definition) is 0. The summed E-state index contributed by atoms with van der Waals surface area (Å²) in [4.78, 5) is 0. The van der Waals surface area contributed by atoms with Gasteiger partial charge in [-0.2, -0.15) is 0 Å². The first-order chi connectivity index (χ1) is 60.5. The third-order valence-corrected chi connectivity index (χ3v) is 46.6. The maximum absolute atomic E-state index is 3.18. The standard InChI is InChI=1S/C116H84N2Si4/c1-9-41-91(42-10-1)119(92-43-11-2-12-44-92,93-45-13-3-14-46-93)100-58-36-59-101(82-100)121(97-53-21-7-22-54-97,98-55-23-8-24-56-98)99-57-35-40-83(76-99)84-71-73-115-88(74-84)75-86-38-25-33-67-113(86)122(115)114-68-34-26-39-87(114)78-108-103(63-37-69-116(108)122)85-70-72-112-107(77-85)106-62-29-32-66-111(106)118(112)90-79-89(117-109-64-30-27-60-104(109)105-61-28-31-65-110(105)117)80-102(81-90)120(94-47-15-4-16-48-94,95-49-17-5-18-50-95)96-51-19-6-20-52-96/h1-74,76-77,79-82H,75,78H2. The first kappa shape index (κ1) is 72.8. The highest BCUT2D eigenvalue weighted by Crippen LogP contribution is 2.40. The molecule has 4 heterocycles. The van der Waals surface area contributed by atoms with Crippen LogP contribution in [0.15, 0.2) is 485 Å². The van der Waals surface area contributed by atoms with Crippen molar-refractivity contribution in [1.82, 2.24) is 9.13 Å². The van der Waals surface area contributed by atoms with Gasteiger partial charge in [0.15, 0.2) is 32.3 Å². The Morgan fingerprint density at radius 3 is 0.959 bits per heavy atom. The molecule has 0 saturated heterocycles. The zero-order chi connectivity index (χ0) is 80.8. The number of benzene rings is 19. The fraction of sp³-hybridized carbons (Fsp3) is 0.0172. The van der Waals surface area contributed by atoms with E-state index in [4.69, 9.17) is 0 Å². The average Bonchev–Trinajstić information content (AvgIpc) is 0.735. The number of fused-ring (bicyclic) bond motifs is 14. The molecule has 2 nitrogen and oxygen atoms in total. The second-order valence-electron chi connectivity index (χ2n) is 33.2. The molecule has 1 unspecified atom stereocenters. The Balaban J connectivity index is 0.695. The maximum atomic E-state index is 2.65. The van der Waals surface area contributed by atoms with Crippen molar-refractivity contribution in [2.24, 2.45) is 0 Å². The van der Waals surface area contributed by atoms with Gasteiger partial charge >= 0.3 is 0 Å². The normalized spacial score (nSPS) is 13.7.